The molecule has 0 bridgehead atoms. The third kappa shape index (κ3) is 1.81. The first kappa shape index (κ1) is 11.6. The molecule has 1 fully saturated rings. The minimum atomic E-state index is -2.17. The van der Waals surface area contributed by atoms with E-state index in [4.69, 9.17) is 5.11 Å². The molecule has 1 aliphatic rings. The maximum atomic E-state index is 11.3. The summed E-state index contributed by atoms with van der Waals surface area (Å²) in [4.78, 5) is 11.3. The zero-order valence-corrected chi connectivity index (χ0v) is 8.19. The Balaban J connectivity index is 2.39. The second-order valence-corrected chi connectivity index (χ2v) is 3.57. The van der Waals surface area contributed by atoms with Crippen molar-refractivity contribution in [3.63, 3.8) is 0 Å². The second kappa shape index (κ2) is 3.94. The number of carbonyl (C=O) groups is 1. The fourth-order valence-corrected chi connectivity index (χ4v) is 1.34. The Morgan fingerprint density at radius 2 is 2.00 bits per heavy atom. The average molecular weight is 204 g/mol. The number of carbonyl (C=O) groups excluding carboxylic acids is 1. The van der Waals surface area contributed by atoms with Gasteiger partial charge in [0.05, 0.1) is 0 Å². The van der Waals surface area contributed by atoms with Crippen LogP contribution in [0, 0.1) is 0 Å². The van der Waals surface area contributed by atoms with Crippen LogP contribution in [0.1, 0.15) is 32.6 Å². The van der Waals surface area contributed by atoms with Gasteiger partial charge in [0.25, 0.3) is 11.6 Å². The molecule has 1 aliphatic heterocycles. The summed E-state index contributed by atoms with van der Waals surface area (Å²) >= 11 is 0. The standard InChI is InChI=1S/C9H16O5/c1-2-3-4-5-7(11)9(13)8(12,6-10)14-9/h10,12-13H,2-6H2,1H3. The SMILES string of the molecule is CCCCCC(=O)C1(O)OC1(O)CO. The highest BCUT2D eigenvalue weighted by molar-refractivity contribution is 5.89. The van der Waals surface area contributed by atoms with Crippen molar-refractivity contribution in [1.82, 2.24) is 0 Å². The number of Topliss-reactive ketones (excluding diaryl/α,β-unsaturated/α-hetero) is 1. The second-order valence-electron chi connectivity index (χ2n) is 3.57. The van der Waals surface area contributed by atoms with Crippen molar-refractivity contribution in [1.29, 1.82) is 0 Å². The minimum absolute atomic E-state index is 0.159. The number of ketones is 1. The first-order valence-corrected chi connectivity index (χ1v) is 4.79. The van der Waals surface area contributed by atoms with E-state index in [1.807, 2.05) is 6.92 Å². The molecule has 3 N–H and O–H groups in total. The number of rotatable bonds is 6. The largest absolute Gasteiger partial charge is 0.391 e. The molecule has 5 heteroatoms. The van der Waals surface area contributed by atoms with Crippen LogP contribution in [0.5, 0.6) is 0 Å². The van der Waals surface area contributed by atoms with Crippen LogP contribution in [-0.4, -0.2) is 39.3 Å². The molecule has 0 aromatic heterocycles. The Bertz CT molecular complexity index is 229. The van der Waals surface area contributed by atoms with E-state index in [0.717, 1.165) is 12.8 Å². The molecule has 1 rings (SSSR count). The van der Waals surface area contributed by atoms with Crippen molar-refractivity contribution >= 4 is 5.78 Å². The highest BCUT2D eigenvalue weighted by atomic mass is 16.8. The zero-order chi connectivity index (χ0) is 10.8. The highest BCUT2D eigenvalue weighted by Gasteiger charge is 2.74. The van der Waals surface area contributed by atoms with Crippen molar-refractivity contribution in [2.45, 2.75) is 44.2 Å². The molecular formula is C9H16O5. The summed E-state index contributed by atoms with van der Waals surface area (Å²) in [6.07, 6.45) is 2.67. The van der Waals surface area contributed by atoms with E-state index in [-0.39, 0.29) is 6.42 Å². The lowest BCUT2D eigenvalue weighted by Gasteiger charge is -2.06. The van der Waals surface area contributed by atoms with Crippen molar-refractivity contribution in [2.75, 3.05) is 6.61 Å². The van der Waals surface area contributed by atoms with Gasteiger partial charge in [0.15, 0.2) is 5.78 Å². The Labute approximate surface area is 82.3 Å². The molecule has 0 saturated carbocycles. The van der Waals surface area contributed by atoms with Crippen LogP contribution < -0.4 is 0 Å². The molecule has 5 nitrogen and oxygen atoms in total. The van der Waals surface area contributed by atoms with Crippen molar-refractivity contribution in [2.24, 2.45) is 0 Å². The van der Waals surface area contributed by atoms with Crippen molar-refractivity contribution < 1.29 is 24.9 Å². The van der Waals surface area contributed by atoms with E-state index in [1.165, 1.54) is 0 Å². The monoisotopic (exact) mass is 204 g/mol. The molecule has 2 atom stereocenters. The molecule has 82 valence electrons. The first-order chi connectivity index (χ1) is 6.50. The van der Waals surface area contributed by atoms with E-state index >= 15 is 0 Å². The third-order valence-electron chi connectivity index (χ3n) is 2.40. The van der Waals surface area contributed by atoms with Gasteiger partial charge in [-0.3, -0.25) is 9.53 Å². The van der Waals surface area contributed by atoms with Gasteiger partial charge in [-0.05, 0) is 6.42 Å². The number of aliphatic hydroxyl groups excluding tert-OH is 1. The Morgan fingerprint density at radius 1 is 1.36 bits per heavy atom. The van der Waals surface area contributed by atoms with Gasteiger partial charge < -0.3 is 15.3 Å². The van der Waals surface area contributed by atoms with Gasteiger partial charge in [-0.25, -0.2) is 0 Å². The lowest BCUT2D eigenvalue weighted by atomic mass is 10.0. The van der Waals surface area contributed by atoms with E-state index in [2.05, 4.69) is 4.74 Å². The summed E-state index contributed by atoms with van der Waals surface area (Å²) in [5.41, 5.74) is 0. The van der Waals surface area contributed by atoms with Gasteiger partial charge in [-0.2, -0.15) is 0 Å². The van der Waals surface area contributed by atoms with Crippen molar-refractivity contribution in [3.8, 4) is 0 Å². The molecule has 0 aromatic carbocycles. The van der Waals surface area contributed by atoms with E-state index < -0.39 is 24.0 Å². The number of hydrogen-bond acceptors (Lipinski definition) is 5. The van der Waals surface area contributed by atoms with Crippen molar-refractivity contribution in [3.05, 3.63) is 0 Å². The minimum Gasteiger partial charge on any atom is -0.391 e. The van der Waals surface area contributed by atoms with Gasteiger partial charge >= 0.3 is 0 Å². The van der Waals surface area contributed by atoms with Gasteiger partial charge in [0.2, 0.25) is 0 Å². The molecular weight excluding hydrogens is 188 g/mol. The molecule has 0 amide bonds. The van der Waals surface area contributed by atoms with E-state index in [1.54, 1.807) is 0 Å². The summed E-state index contributed by atoms with van der Waals surface area (Å²) in [5.74, 6) is -4.81. The number of epoxide rings is 1. The molecule has 0 aromatic rings. The van der Waals surface area contributed by atoms with Crippen LogP contribution in [0.3, 0.4) is 0 Å². The quantitative estimate of drug-likeness (QED) is 0.402. The summed E-state index contributed by atoms with van der Waals surface area (Å²) in [5, 5.41) is 27.3. The van der Waals surface area contributed by atoms with Crippen LogP contribution in [0.2, 0.25) is 0 Å². The fraction of sp³-hybridized carbons (Fsp3) is 0.889. The topological polar surface area (TPSA) is 90.3 Å². The first-order valence-electron chi connectivity index (χ1n) is 4.79. The van der Waals surface area contributed by atoms with E-state index in [0.29, 0.717) is 6.42 Å². The van der Waals surface area contributed by atoms with Gasteiger partial charge in [0, 0.05) is 6.42 Å². The van der Waals surface area contributed by atoms with Crippen LogP contribution in [0.4, 0.5) is 0 Å². The molecule has 0 spiro atoms. The summed E-state index contributed by atoms with van der Waals surface area (Å²) in [6.45, 7) is 1.22. The number of aliphatic hydroxyl groups is 3. The maximum absolute atomic E-state index is 11.3. The number of ether oxygens (including phenoxy) is 1. The van der Waals surface area contributed by atoms with Crippen LogP contribution in [-0.2, 0) is 9.53 Å². The summed E-state index contributed by atoms with van der Waals surface area (Å²) in [7, 11) is 0. The summed E-state index contributed by atoms with van der Waals surface area (Å²) in [6, 6.07) is 0. The number of unbranched alkanes of at least 4 members (excludes halogenated alkanes) is 2. The summed E-state index contributed by atoms with van der Waals surface area (Å²) < 4.78 is 4.45. The third-order valence-corrected chi connectivity index (χ3v) is 2.40. The molecule has 14 heavy (non-hydrogen) atoms. The van der Waals surface area contributed by atoms with Gasteiger partial charge in [-0.15, -0.1) is 0 Å². The lowest BCUT2D eigenvalue weighted by molar-refractivity contribution is -0.138. The smallest absolute Gasteiger partial charge is 0.287 e. The number of hydrogen-bond donors (Lipinski definition) is 3. The highest BCUT2D eigenvalue weighted by Crippen LogP contribution is 2.44. The predicted octanol–water partition coefficient (Wildman–Crippen LogP) is -0.465. The molecule has 1 saturated heterocycles. The van der Waals surface area contributed by atoms with Crippen LogP contribution in [0.25, 0.3) is 0 Å². The van der Waals surface area contributed by atoms with Crippen LogP contribution in [0.15, 0.2) is 0 Å². The van der Waals surface area contributed by atoms with Crippen LogP contribution >= 0.6 is 0 Å². The lowest BCUT2D eigenvalue weighted by Crippen LogP contribution is -2.36. The Hall–Kier alpha value is -0.490. The zero-order valence-electron chi connectivity index (χ0n) is 8.19. The predicted molar refractivity (Wildman–Crippen MR) is 47.2 cm³/mol. The fourth-order valence-electron chi connectivity index (χ4n) is 1.34. The Morgan fingerprint density at radius 3 is 2.43 bits per heavy atom. The maximum Gasteiger partial charge on any atom is 0.287 e. The molecule has 0 radical (unpaired) electrons. The molecule has 2 unspecified atom stereocenters. The normalized spacial score (nSPS) is 35.7. The van der Waals surface area contributed by atoms with Gasteiger partial charge in [-0.1, -0.05) is 19.8 Å². The average Bonchev–Trinajstić information content (AvgIpc) is 2.72. The van der Waals surface area contributed by atoms with E-state index in [9.17, 15) is 15.0 Å². The Kier molecular flexibility index (Phi) is 3.26. The molecule has 0 aliphatic carbocycles. The molecule has 1 heterocycles. The van der Waals surface area contributed by atoms with Gasteiger partial charge in [0.1, 0.15) is 6.61 Å².